The molecule has 13 heteroatoms. The van der Waals surface area contributed by atoms with Gasteiger partial charge in [-0.2, -0.15) is 5.10 Å². The van der Waals surface area contributed by atoms with Crippen LogP contribution in [-0.4, -0.2) is 56.3 Å². The highest BCUT2D eigenvalue weighted by Gasteiger charge is 2.28. The summed E-state index contributed by atoms with van der Waals surface area (Å²) in [7, 11) is 1.35. The summed E-state index contributed by atoms with van der Waals surface area (Å²) in [6.45, 7) is 0.999. The smallest absolute Gasteiger partial charge is 0.409 e. The highest BCUT2D eigenvalue weighted by atomic mass is 19.1. The number of ether oxygens (including phenoxy) is 1. The van der Waals surface area contributed by atoms with E-state index >= 15 is 4.39 Å². The summed E-state index contributed by atoms with van der Waals surface area (Å²) in [5.74, 6) is -1.63. The first-order chi connectivity index (χ1) is 21.2. The van der Waals surface area contributed by atoms with Gasteiger partial charge in [0.05, 0.1) is 7.11 Å². The van der Waals surface area contributed by atoms with Crippen molar-refractivity contribution in [3.63, 3.8) is 0 Å². The number of methoxy groups -OCH3 is 1. The van der Waals surface area contributed by atoms with Crippen molar-refractivity contribution in [3.05, 3.63) is 106 Å². The predicted octanol–water partition coefficient (Wildman–Crippen LogP) is 4.61. The molecule has 6 rings (SSSR count). The molecule has 44 heavy (non-hydrogen) atoms. The Morgan fingerprint density at radius 2 is 1.77 bits per heavy atom. The normalized spacial score (nSPS) is 13.7. The van der Waals surface area contributed by atoms with Crippen LogP contribution in [0.15, 0.2) is 78.0 Å². The Bertz CT molecular complexity index is 1950. The fourth-order valence-electron chi connectivity index (χ4n) is 5.56. The second kappa shape index (κ2) is 11.6. The van der Waals surface area contributed by atoms with Crippen LogP contribution in [0.5, 0.6) is 0 Å². The number of amides is 2. The predicted molar refractivity (Wildman–Crippen MR) is 159 cm³/mol. The monoisotopic (exact) mass is 599 g/mol. The van der Waals surface area contributed by atoms with Gasteiger partial charge in [0.25, 0.3) is 11.5 Å². The number of carbonyl (C=O) groups is 2. The van der Waals surface area contributed by atoms with Crippen molar-refractivity contribution in [1.82, 2.24) is 24.1 Å². The summed E-state index contributed by atoms with van der Waals surface area (Å²) in [5.41, 5.74) is 7.92. The number of halogens is 2. The summed E-state index contributed by atoms with van der Waals surface area (Å²) in [6.07, 6.45) is 3.73. The van der Waals surface area contributed by atoms with Gasteiger partial charge in [0.15, 0.2) is 5.82 Å². The van der Waals surface area contributed by atoms with Gasteiger partial charge in [-0.05, 0) is 73.5 Å². The van der Waals surface area contributed by atoms with Gasteiger partial charge in [-0.15, -0.1) is 0 Å². The Morgan fingerprint density at radius 3 is 2.48 bits per heavy atom. The molecule has 0 aliphatic carbocycles. The number of likely N-dealkylation sites (tertiary alicyclic amines) is 1. The maximum Gasteiger partial charge on any atom is 0.409 e. The van der Waals surface area contributed by atoms with Crippen LogP contribution in [0, 0.1) is 11.6 Å². The van der Waals surface area contributed by atoms with Crippen LogP contribution in [0.4, 0.5) is 25.1 Å². The number of anilines is 2. The third-order valence-corrected chi connectivity index (χ3v) is 7.77. The van der Waals surface area contributed by atoms with Crippen LogP contribution in [0.1, 0.15) is 34.8 Å². The fraction of sp³-hybridized carbons (Fsp3) is 0.194. The first-order valence-corrected chi connectivity index (χ1v) is 13.8. The van der Waals surface area contributed by atoms with Crippen molar-refractivity contribution in [2.45, 2.75) is 18.8 Å². The maximum absolute atomic E-state index is 15.7. The lowest BCUT2D eigenvalue weighted by atomic mass is 9.93. The van der Waals surface area contributed by atoms with E-state index in [1.807, 2.05) is 6.07 Å². The molecule has 3 aromatic heterocycles. The van der Waals surface area contributed by atoms with Gasteiger partial charge < -0.3 is 20.7 Å². The number of nitrogens with two attached hydrogens (primary N) is 1. The van der Waals surface area contributed by atoms with E-state index in [1.165, 1.54) is 72.7 Å². The second-order valence-corrected chi connectivity index (χ2v) is 10.3. The number of nitrogen functional groups attached to an aromatic ring is 1. The van der Waals surface area contributed by atoms with Gasteiger partial charge in [0.1, 0.15) is 29.0 Å². The number of fused-ring (bicyclic) bond motifs is 1. The molecule has 3 N–H and O–H groups in total. The maximum atomic E-state index is 15.7. The molecular weight excluding hydrogens is 572 g/mol. The molecule has 0 unspecified atom stereocenters. The Labute approximate surface area is 249 Å². The highest BCUT2D eigenvalue weighted by Crippen LogP contribution is 2.38. The summed E-state index contributed by atoms with van der Waals surface area (Å²) in [5, 5.41) is 6.97. The molecule has 2 aromatic carbocycles. The van der Waals surface area contributed by atoms with Crippen molar-refractivity contribution < 1.29 is 23.1 Å². The van der Waals surface area contributed by atoms with Gasteiger partial charge in [-0.3, -0.25) is 14.2 Å². The zero-order chi connectivity index (χ0) is 31.0. The molecule has 0 bridgehead atoms. The largest absolute Gasteiger partial charge is 0.453 e. The molecule has 0 saturated carbocycles. The van der Waals surface area contributed by atoms with Crippen LogP contribution in [0.2, 0.25) is 0 Å². The molecule has 1 saturated heterocycles. The van der Waals surface area contributed by atoms with Gasteiger partial charge >= 0.3 is 6.09 Å². The van der Waals surface area contributed by atoms with E-state index < -0.39 is 23.1 Å². The summed E-state index contributed by atoms with van der Waals surface area (Å²) < 4.78 is 36.7. The van der Waals surface area contributed by atoms with E-state index in [4.69, 9.17) is 10.5 Å². The molecule has 1 fully saturated rings. The second-order valence-electron chi connectivity index (χ2n) is 10.3. The number of benzene rings is 2. The van der Waals surface area contributed by atoms with E-state index in [1.54, 1.807) is 9.42 Å². The Hall–Kier alpha value is -5.59. The molecule has 1 aliphatic heterocycles. The van der Waals surface area contributed by atoms with Crippen LogP contribution in [0.25, 0.3) is 22.3 Å². The molecule has 4 heterocycles. The van der Waals surface area contributed by atoms with E-state index in [9.17, 15) is 18.8 Å². The summed E-state index contributed by atoms with van der Waals surface area (Å²) in [6, 6.07) is 14.2. The number of rotatable bonds is 5. The molecule has 11 nitrogen and oxygen atoms in total. The third kappa shape index (κ3) is 5.23. The number of nitrogens with one attached hydrogen (secondary N) is 1. The van der Waals surface area contributed by atoms with E-state index in [2.05, 4.69) is 15.4 Å². The van der Waals surface area contributed by atoms with Crippen molar-refractivity contribution in [2.24, 2.45) is 0 Å². The number of hydrogen-bond acceptors (Lipinski definition) is 7. The summed E-state index contributed by atoms with van der Waals surface area (Å²) in [4.78, 5) is 43.8. The highest BCUT2D eigenvalue weighted by molar-refractivity contribution is 6.04. The van der Waals surface area contributed by atoms with Crippen LogP contribution in [-0.2, 0) is 4.74 Å². The SMILES string of the molecule is COC(=O)N1CCC(c2cc(-c3ccc(NC(=O)c4cccn(-c5ccc(F)cc5)c4=O)cc3F)c3c(N)ncnn23)CC1. The lowest BCUT2D eigenvalue weighted by molar-refractivity contribution is 0.102. The van der Waals surface area contributed by atoms with Crippen molar-refractivity contribution in [2.75, 3.05) is 31.2 Å². The molecule has 1 aliphatic rings. The van der Waals surface area contributed by atoms with E-state index in [0.717, 1.165) is 11.8 Å². The number of hydrogen-bond donors (Lipinski definition) is 2. The molecule has 0 atom stereocenters. The summed E-state index contributed by atoms with van der Waals surface area (Å²) >= 11 is 0. The molecular formula is C31H27F2N7O4. The third-order valence-electron chi connectivity index (χ3n) is 7.77. The lowest BCUT2D eigenvalue weighted by Gasteiger charge is -2.30. The lowest BCUT2D eigenvalue weighted by Crippen LogP contribution is -2.38. The minimum absolute atomic E-state index is 0.0258. The average molecular weight is 600 g/mol. The zero-order valence-corrected chi connectivity index (χ0v) is 23.5. The first-order valence-electron chi connectivity index (χ1n) is 13.8. The van der Waals surface area contributed by atoms with Gasteiger partial charge in [0.2, 0.25) is 0 Å². The number of carbonyl (C=O) groups excluding carboxylic acids is 2. The minimum atomic E-state index is -0.730. The molecule has 2 amide bonds. The number of aromatic nitrogens is 4. The fourth-order valence-corrected chi connectivity index (χ4v) is 5.56. The molecule has 0 spiro atoms. The van der Waals surface area contributed by atoms with Gasteiger partial charge in [-0.25, -0.2) is 23.1 Å². The van der Waals surface area contributed by atoms with Crippen molar-refractivity contribution >= 4 is 29.0 Å². The Morgan fingerprint density at radius 1 is 1.02 bits per heavy atom. The zero-order valence-electron chi connectivity index (χ0n) is 23.5. The molecule has 0 radical (unpaired) electrons. The topological polar surface area (TPSA) is 137 Å². The molecule has 224 valence electrons. The van der Waals surface area contributed by atoms with Crippen LogP contribution < -0.4 is 16.6 Å². The van der Waals surface area contributed by atoms with Crippen LogP contribution >= 0.6 is 0 Å². The minimum Gasteiger partial charge on any atom is -0.453 e. The number of piperidine rings is 1. The van der Waals surface area contributed by atoms with Gasteiger partial charge in [0, 0.05) is 53.4 Å². The quantitative estimate of drug-likeness (QED) is 0.301. The Balaban J connectivity index is 1.28. The van der Waals surface area contributed by atoms with E-state index in [0.29, 0.717) is 42.7 Å². The number of nitrogens with zero attached hydrogens (tertiary/aromatic N) is 5. The first kappa shape index (κ1) is 28.5. The molecule has 5 aromatic rings. The number of pyridine rings is 1. The van der Waals surface area contributed by atoms with Gasteiger partial charge in [-0.1, -0.05) is 0 Å². The van der Waals surface area contributed by atoms with Crippen molar-refractivity contribution in [1.29, 1.82) is 0 Å². The van der Waals surface area contributed by atoms with Crippen molar-refractivity contribution in [3.8, 4) is 16.8 Å². The van der Waals surface area contributed by atoms with Crippen LogP contribution in [0.3, 0.4) is 0 Å². The van der Waals surface area contributed by atoms with E-state index in [-0.39, 0.29) is 34.6 Å². The Kier molecular flexibility index (Phi) is 7.51. The average Bonchev–Trinajstić information content (AvgIpc) is 3.42. The standard InChI is InChI=1S/C31H27F2N7O4/c1-44-31(43)38-13-10-18(11-14-38)26-16-24(27-28(34)35-17-36-40(26)27)22-9-6-20(15-25(22)33)37-29(41)23-3-2-12-39(30(23)42)21-7-4-19(32)5-8-21/h2-9,12,15-18H,10-11,13-14H2,1H3,(H,37,41)(H2,34,35,36).